The molecule has 2 N–H and O–H groups in total. The van der Waals surface area contributed by atoms with E-state index in [1.54, 1.807) is 5.01 Å². The summed E-state index contributed by atoms with van der Waals surface area (Å²) in [4.78, 5) is 27.1. The highest BCUT2D eigenvalue weighted by Gasteiger charge is 2.35. The van der Waals surface area contributed by atoms with E-state index in [1.165, 1.54) is 22.3 Å². The Morgan fingerprint density at radius 2 is 1.61 bits per heavy atom. The number of likely N-dealkylation sites (tertiary alicyclic amines) is 1. The van der Waals surface area contributed by atoms with E-state index in [0.717, 1.165) is 16.8 Å². The van der Waals surface area contributed by atoms with Gasteiger partial charge in [-0.2, -0.15) is 5.10 Å². The van der Waals surface area contributed by atoms with Gasteiger partial charge in [-0.25, -0.2) is 5.01 Å². The van der Waals surface area contributed by atoms with Crippen LogP contribution in [0.15, 0.2) is 41.5 Å². The Kier molecular flexibility index (Phi) is 6.66. The van der Waals surface area contributed by atoms with Gasteiger partial charge >= 0.3 is 0 Å². The van der Waals surface area contributed by atoms with Gasteiger partial charge in [0.1, 0.15) is 0 Å². The zero-order valence-corrected chi connectivity index (χ0v) is 20.1. The van der Waals surface area contributed by atoms with Crippen LogP contribution in [0.4, 0.5) is 0 Å². The molecular formula is C27H34N4O2. The first-order valence-electron chi connectivity index (χ1n) is 11.8. The number of piperidine rings is 1. The van der Waals surface area contributed by atoms with Crippen LogP contribution in [0.3, 0.4) is 0 Å². The van der Waals surface area contributed by atoms with Gasteiger partial charge < -0.3 is 5.73 Å². The van der Waals surface area contributed by atoms with Gasteiger partial charge in [-0.05, 0) is 76.4 Å². The Balaban J connectivity index is 1.61. The van der Waals surface area contributed by atoms with Crippen LogP contribution in [-0.4, -0.2) is 47.1 Å². The molecule has 0 spiro atoms. The molecule has 0 radical (unpaired) electrons. The Morgan fingerprint density at radius 3 is 2.27 bits per heavy atom. The number of nitrogens with two attached hydrogens (primary N) is 1. The maximum atomic E-state index is 13.5. The summed E-state index contributed by atoms with van der Waals surface area (Å²) in [7, 11) is 0. The lowest BCUT2D eigenvalue weighted by atomic mass is 9.92. The lowest BCUT2D eigenvalue weighted by Crippen LogP contribution is -2.44. The van der Waals surface area contributed by atoms with Gasteiger partial charge in [0, 0.05) is 17.9 Å². The first-order chi connectivity index (χ1) is 15.7. The van der Waals surface area contributed by atoms with E-state index < -0.39 is 0 Å². The van der Waals surface area contributed by atoms with Crippen molar-refractivity contribution in [1.82, 2.24) is 9.91 Å². The largest absolute Gasteiger partial charge is 0.369 e. The van der Waals surface area contributed by atoms with Crippen molar-refractivity contribution in [3.05, 3.63) is 69.8 Å². The van der Waals surface area contributed by atoms with Crippen molar-refractivity contribution in [1.29, 1.82) is 0 Å². The minimum absolute atomic E-state index is 0.00117. The molecule has 0 aromatic heterocycles. The number of hydrogen-bond acceptors (Lipinski definition) is 4. The quantitative estimate of drug-likeness (QED) is 0.759. The van der Waals surface area contributed by atoms with Crippen molar-refractivity contribution in [3.63, 3.8) is 0 Å². The summed E-state index contributed by atoms with van der Waals surface area (Å²) in [5, 5.41) is 6.60. The van der Waals surface area contributed by atoms with Crippen LogP contribution >= 0.6 is 0 Å². The fourth-order valence-corrected chi connectivity index (χ4v) is 4.95. The summed E-state index contributed by atoms with van der Waals surface area (Å²) in [6.45, 7) is 10.1. The normalized spacial score (nSPS) is 19.6. The first kappa shape index (κ1) is 23.2. The predicted octanol–water partition coefficient (Wildman–Crippen LogP) is 3.80. The number of amides is 2. The SMILES string of the molecule is Cc1ccc(C)c(C2=NN(C(=O)CN3CCC(C(N)=O)CC3)C(c3cc(C)ccc3C)C2)c1. The minimum atomic E-state index is -0.238. The maximum Gasteiger partial charge on any atom is 0.257 e. The monoisotopic (exact) mass is 446 g/mol. The molecule has 0 bridgehead atoms. The molecular weight excluding hydrogens is 412 g/mol. The van der Waals surface area contributed by atoms with Crippen molar-refractivity contribution in [2.24, 2.45) is 16.8 Å². The molecule has 0 saturated carbocycles. The number of primary amides is 1. The first-order valence-corrected chi connectivity index (χ1v) is 11.8. The maximum absolute atomic E-state index is 13.5. The van der Waals surface area contributed by atoms with E-state index >= 15 is 0 Å². The van der Waals surface area contributed by atoms with Gasteiger partial charge in [-0.15, -0.1) is 0 Å². The Hall–Kier alpha value is -2.99. The second kappa shape index (κ2) is 9.48. The standard InChI is InChI=1S/C27H34N4O2/c1-17-5-7-19(3)22(13-17)24-15-25(23-14-18(2)6-8-20(23)4)31(29-24)26(32)16-30-11-9-21(10-12-30)27(28)33/h5-8,13-14,21,25H,9-12,15-16H2,1-4H3,(H2,28,33). The third-order valence-corrected chi connectivity index (χ3v) is 7.01. The summed E-state index contributed by atoms with van der Waals surface area (Å²) in [6, 6.07) is 12.7. The second-order valence-electron chi connectivity index (χ2n) is 9.64. The van der Waals surface area contributed by atoms with Gasteiger partial charge in [0.25, 0.3) is 5.91 Å². The van der Waals surface area contributed by atoms with Crippen LogP contribution in [0.2, 0.25) is 0 Å². The topological polar surface area (TPSA) is 79.0 Å². The molecule has 33 heavy (non-hydrogen) atoms. The van der Waals surface area contributed by atoms with Crippen LogP contribution in [0.5, 0.6) is 0 Å². The van der Waals surface area contributed by atoms with Gasteiger partial charge in [0.05, 0.1) is 18.3 Å². The molecule has 2 aliphatic rings. The number of nitrogens with zero attached hydrogens (tertiary/aromatic N) is 3. The van der Waals surface area contributed by atoms with Crippen LogP contribution in [0, 0.1) is 33.6 Å². The summed E-state index contributed by atoms with van der Waals surface area (Å²) in [6.07, 6.45) is 2.12. The number of carbonyl (C=O) groups excluding carboxylic acids is 2. The van der Waals surface area contributed by atoms with Gasteiger partial charge in [0.2, 0.25) is 5.91 Å². The average molecular weight is 447 g/mol. The Morgan fingerprint density at radius 1 is 0.970 bits per heavy atom. The van der Waals surface area contributed by atoms with Crippen LogP contribution in [-0.2, 0) is 9.59 Å². The Labute approximate surface area is 196 Å². The van der Waals surface area contributed by atoms with E-state index in [2.05, 4.69) is 69.0 Å². The lowest BCUT2D eigenvalue weighted by molar-refractivity contribution is -0.134. The molecule has 2 amide bonds. The van der Waals surface area contributed by atoms with Gasteiger partial charge in [-0.1, -0.05) is 41.5 Å². The molecule has 0 aliphatic carbocycles. The highest BCUT2D eigenvalue weighted by Crippen LogP contribution is 2.36. The third-order valence-electron chi connectivity index (χ3n) is 7.01. The molecule has 174 valence electrons. The fourth-order valence-electron chi connectivity index (χ4n) is 4.95. The van der Waals surface area contributed by atoms with Crippen LogP contribution < -0.4 is 5.73 Å². The Bertz CT molecular complexity index is 1100. The number of hydrazone groups is 1. The average Bonchev–Trinajstić information content (AvgIpc) is 3.22. The van der Waals surface area contributed by atoms with E-state index in [-0.39, 0.29) is 23.8 Å². The fraction of sp³-hybridized carbons (Fsp3) is 0.444. The van der Waals surface area contributed by atoms with Crippen LogP contribution in [0.25, 0.3) is 0 Å². The smallest absolute Gasteiger partial charge is 0.257 e. The van der Waals surface area contributed by atoms with Gasteiger partial charge in [-0.3, -0.25) is 14.5 Å². The molecule has 4 rings (SSSR count). The molecule has 1 fully saturated rings. The molecule has 6 heteroatoms. The summed E-state index contributed by atoms with van der Waals surface area (Å²) in [5.74, 6) is -0.322. The van der Waals surface area contributed by atoms with Crippen molar-refractivity contribution in [2.75, 3.05) is 19.6 Å². The zero-order chi connectivity index (χ0) is 23.7. The molecule has 1 atom stereocenters. The molecule has 2 aliphatic heterocycles. The number of aryl methyl sites for hydroxylation is 4. The molecule has 1 unspecified atom stereocenters. The minimum Gasteiger partial charge on any atom is -0.369 e. The number of hydrogen-bond donors (Lipinski definition) is 1. The highest BCUT2D eigenvalue weighted by molar-refractivity contribution is 6.04. The number of carbonyl (C=O) groups is 2. The van der Waals surface area contributed by atoms with Crippen molar-refractivity contribution in [2.45, 2.75) is 53.0 Å². The summed E-state index contributed by atoms with van der Waals surface area (Å²) in [5.41, 5.74) is 13.4. The van der Waals surface area contributed by atoms with Crippen LogP contribution in [0.1, 0.15) is 58.7 Å². The van der Waals surface area contributed by atoms with Crippen molar-refractivity contribution >= 4 is 17.5 Å². The van der Waals surface area contributed by atoms with Crippen molar-refractivity contribution in [3.8, 4) is 0 Å². The van der Waals surface area contributed by atoms with E-state index in [1.807, 2.05) is 0 Å². The van der Waals surface area contributed by atoms with E-state index in [9.17, 15) is 9.59 Å². The summed E-state index contributed by atoms with van der Waals surface area (Å²) >= 11 is 0. The zero-order valence-electron chi connectivity index (χ0n) is 20.1. The predicted molar refractivity (Wildman–Crippen MR) is 131 cm³/mol. The number of benzene rings is 2. The molecule has 2 aromatic rings. The molecule has 1 saturated heterocycles. The third kappa shape index (κ3) is 5.01. The molecule has 6 nitrogen and oxygen atoms in total. The van der Waals surface area contributed by atoms with Crippen molar-refractivity contribution < 1.29 is 9.59 Å². The lowest BCUT2D eigenvalue weighted by Gasteiger charge is -2.32. The number of rotatable bonds is 5. The van der Waals surface area contributed by atoms with E-state index in [4.69, 9.17) is 10.8 Å². The molecule has 2 aromatic carbocycles. The second-order valence-corrected chi connectivity index (χ2v) is 9.64. The summed E-state index contributed by atoms with van der Waals surface area (Å²) < 4.78 is 0. The van der Waals surface area contributed by atoms with E-state index in [0.29, 0.717) is 38.9 Å². The highest BCUT2D eigenvalue weighted by atomic mass is 16.2. The van der Waals surface area contributed by atoms with Gasteiger partial charge in [0.15, 0.2) is 0 Å². The molecule has 2 heterocycles.